The molecular weight excluding hydrogens is 560 g/mol. The van der Waals surface area contributed by atoms with Crippen molar-refractivity contribution in [1.29, 1.82) is 0 Å². The summed E-state index contributed by atoms with van der Waals surface area (Å²) in [6.07, 6.45) is 2.25. The summed E-state index contributed by atoms with van der Waals surface area (Å²) in [6.45, 7) is 5.36. The number of likely N-dealkylation sites (tertiary alicyclic amines) is 1. The van der Waals surface area contributed by atoms with Gasteiger partial charge in [-0.05, 0) is 56.9 Å². The molecule has 4 heterocycles. The summed E-state index contributed by atoms with van der Waals surface area (Å²) < 4.78 is 13.0. The third-order valence-corrected chi connectivity index (χ3v) is 8.75. The predicted octanol–water partition coefficient (Wildman–Crippen LogP) is 3.54. The molecule has 11 heteroatoms. The number of ether oxygens (including phenoxy) is 1. The third kappa shape index (κ3) is 6.04. The number of fused-ring (bicyclic) bond motifs is 5. The lowest BCUT2D eigenvalue weighted by atomic mass is 9.94. The Kier molecular flexibility index (Phi) is 8.36. The Bertz CT molecular complexity index is 1670. The van der Waals surface area contributed by atoms with E-state index in [-0.39, 0.29) is 36.2 Å². The van der Waals surface area contributed by atoms with Gasteiger partial charge < -0.3 is 24.4 Å². The number of hydrogen-bond donors (Lipinski definition) is 1. The van der Waals surface area contributed by atoms with Crippen LogP contribution in [0.3, 0.4) is 0 Å². The summed E-state index contributed by atoms with van der Waals surface area (Å²) in [4.78, 5) is 44.2. The van der Waals surface area contributed by atoms with Crippen LogP contribution in [0.1, 0.15) is 58.2 Å². The van der Waals surface area contributed by atoms with E-state index in [0.29, 0.717) is 51.2 Å². The molecule has 1 saturated heterocycles. The van der Waals surface area contributed by atoms with Crippen molar-refractivity contribution in [2.75, 3.05) is 32.8 Å². The lowest BCUT2D eigenvalue weighted by Gasteiger charge is -2.25. The van der Waals surface area contributed by atoms with Crippen LogP contribution in [-0.4, -0.2) is 81.3 Å². The number of nitrogens with zero attached hydrogens (tertiary/aromatic N) is 5. The van der Waals surface area contributed by atoms with Crippen LogP contribution in [0.15, 0.2) is 53.1 Å². The number of nitrogens with one attached hydrogen (secondary N) is 1. The number of rotatable bonds is 4. The molecule has 6 rings (SSSR count). The molecule has 2 aromatic heterocycles. The van der Waals surface area contributed by atoms with Crippen LogP contribution in [0.25, 0.3) is 10.9 Å². The molecular formula is C33H38N6O5. The largest absolute Gasteiger partial charge is 0.494 e. The van der Waals surface area contributed by atoms with Gasteiger partial charge in [0.15, 0.2) is 5.69 Å². The monoisotopic (exact) mass is 598 g/mol. The molecule has 0 saturated carbocycles. The number of amides is 3. The maximum atomic E-state index is 13.8. The zero-order valence-corrected chi connectivity index (χ0v) is 25.4. The van der Waals surface area contributed by atoms with E-state index in [0.717, 1.165) is 45.7 Å². The molecule has 3 amide bonds. The number of para-hydroxylation sites is 1. The minimum atomic E-state index is -0.323. The molecule has 2 atom stereocenters. The standard InChI is InChI=1S/C33H38N6O5/c1-21-25(22(2)44-36-21)13-14-31(41)39-18-27-23-9-8-10-24(17-23)43-16-7-6-15-38(20-30(40)34-28(27)19-39)33(42)32-26-11-4-5-12-29(26)37(3)35-32/h4-5,8-12,17,27-28H,6-7,13-16,18-20H2,1-3H3,(H,34,40)/t27-,28+/m1/s1. The highest BCUT2D eigenvalue weighted by molar-refractivity contribution is 6.05. The summed E-state index contributed by atoms with van der Waals surface area (Å²) in [5, 5.41) is 12.4. The predicted molar refractivity (Wildman–Crippen MR) is 163 cm³/mol. The molecule has 44 heavy (non-hydrogen) atoms. The molecule has 0 aliphatic carbocycles. The molecule has 2 aliphatic heterocycles. The summed E-state index contributed by atoms with van der Waals surface area (Å²) in [5.41, 5.74) is 3.94. The van der Waals surface area contributed by atoms with Crippen LogP contribution >= 0.6 is 0 Å². The molecule has 1 N–H and O–H groups in total. The van der Waals surface area contributed by atoms with Gasteiger partial charge in [0.25, 0.3) is 5.91 Å². The molecule has 1 fully saturated rings. The second-order valence-corrected chi connectivity index (χ2v) is 11.7. The van der Waals surface area contributed by atoms with Crippen molar-refractivity contribution in [1.82, 2.24) is 30.1 Å². The zero-order valence-electron chi connectivity index (χ0n) is 25.4. The average molecular weight is 599 g/mol. The Morgan fingerprint density at radius 2 is 1.89 bits per heavy atom. The third-order valence-electron chi connectivity index (χ3n) is 8.75. The van der Waals surface area contributed by atoms with Crippen LogP contribution in [0.2, 0.25) is 0 Å². The number of hydrogen-bond acceptors (Lipinski definition) is 7. The van der Waals surface area contributed by atoms with Crippen LogP contribution in [0.5, 0.6) is 5.75 Å². The van der Waals surface area contributed by atoms with Gasteiger partial charge in [-0.25, -0.2) is 0 Å². The van der Waals surface area contributed by atoms with Crippen molar-refractivity contribution in [3.05, 3.63) is 76.8 Å². The zero-order chi connectivity index (χ0) is 30.8. The fraction of sp³-hybridized carbons (Fsp3) is 0.424. The van der Waals surface area contributed by atoms with E-state index in [1.807, 2.05) is 74.3 Å². The molecule has 11 nitrogen and oxygen atoms in total. The quantitative estimate of drug-likeness (QED) is 0.381. The van der Waals surface area contributed by atoms with Gasteiger partial charge in [0.05, 0.1) is 30.4 Å². The van der Waals surface area contributed by atoms with Crippen molar-refractivity contribution in [3.63, 3.8) is 0 Å². The summed E-state index contributed by atoms with van der Waals surface area (Å²) >= 11 is 0. The number of carbonyl (C=O) groups excluding carboxylic acids is 3. The Morgan fingerprint density at radius 3 is 2.70 bits per heavy atom. The molecule has 0 spiro atoms. The Balaban J connectivity index is 1.22. The first-order chi connectivity index (χ1) is 21.3. The Labute approximate surface area is 256 Å². The second kappa shape index (κ2) is 12.5. The number of benzene rings is 2. The molecule has 2 aliphatic rings. The topological polar surface area (TPSA) is 123 Å². The van der Waals surface area contributed by atoms with Gasteiger partial charge in [-0.3, -0.25) is 19.1 Å². The highest BCUT2D eigenvalue weighted by Gasteiger charge is 2.38. The first-order valence-electron chi connectivity index (χ1n) is 15.2. The van der Waals surface area contributed by atoms with Gasteiger partial charge >= 0.3 is 0 Å². The van der Waals surface area contributed by atoms with Crippen molar-refractivity contribution < 1.29 is 23.6 Å². The molecule has 2 aromatic carbocycles. The van der Waals surface area contributed by atoms with Crippen molar-refractivity contribution in [3.8, 4) is 5.75 Å². The van der Waals surface area contributed by atoms with Gasteiger partial charge in [0.2, 0.25) is 11.8 Å². The fourth-order valence-corrected chi connectivity index (χ4v) is 6.37. The fourth-order valence-electron chi connectivity index (χ4n) is 6.37. The SMILES string of the molecule is Cc1noc(C)c1CCC(=O)N1C[C@@H]2NC(=O)CN(C(=O)c3nn(C)c4ccccc34)CCCCOc3cccc(c3)[C@H]2C1. The van der Waals surface area contributed by atoms with Crippen molar-refractivity contribution in [2.24, 2.45) is 7.05 Å². The maximum Gasteiger partial charge on any atom is 0.275 e. The van der Waals surface area contributed by atoms with Gasteiger partial charge in [-0.2, -0.15) is 5.10 Å². The van der Waals surface area contributed by atoms with E-state index < -0.39 is 0 Å². The molecule has 230 valence electrons. The minimum Gasteiger partial charge on any atom is -0.494 e. The minimum absolute atomic E-state index is 0.0101. The van der Waals surface area contributed by atoms with Gasteiger partial charge in [-0.1, -0.05) is 35.5 Å². The van der Waals surface area contributed by atoms with Gasteiger partial charge in [-0.15, -0.1) is 0 Å². The smallest absolute Gasteiger partial charge is 0.275 e. The van der Waals surface area contributed by atoms with E-state index in [4.69, 9.17) is 9.26 Å². The lowest BCUT2D eigenvalue weighted by molar-refractivity contribution is -0.130. The van der Waals surface area contributed by atoms with E-state index in [1.54, 1.807) is 9.58 Å². The van der Waals surface area contributed by atoms with Crippen LogP contribution < -0.4 is 10.1 Å². The highest BCUT2D eigenvalue weighted by atomic mass is 16.5. The summed E-state index contributed by atoms with van der Waals surface area (Å²) in [5.74, 6) is 0.818. The first-order valence-corrected chi connectivity index (χ1v) is 15.2. The van der Waals surface area contributed by atoms with Crippen LogP contribution in [0, 0.1) is 13.8 Å². The summed E-state index contributed by atoms with van der Waals surface area (Å²) in [7, 11) is 1.81. The van der Waals surface area contributed by atoms with E-state index >= 15 is 0 Å². The molecule has 2 bridgehead atoms. The van der Waals surface area contributed by atoms with Crippen molar-refractivity contribution >= 4 is 28.6 Å². The van der Waals surface area contributed by atoms with Crippen molar-refractivity contribution in [2.45, 2.75) is 51.5 Å². The Hall–Kier alpha value is -4.67. The molecule has 4 aromatic rings. The normalized spacial score (nSPS) is 19.3. The molecule has 0 unspecified atom stereocenters. The van der Waals surface area contributed by atoms with E-state index in [1.165, 1.54) is 0 Å². The first kappa shape index (κ1) is 29.4. The Morgan fingerprint density at radius 1 is 1.05 bits per heavy atom. The average Bonchev–Trinajstić information content (AvgIpc) is 3.69. The number of aryl methyl sites for hydroxylation is 3. The number of carbonyl (C=O) groups is 3. The molecule has 0 radical (unpaired) electrons. The van der Waals surface area contributed by atoms with E-state index in [9.17, 15) is 14.4 Å². The highest BCUT2D eigenvalue weighted by Crippen LogP contribution is 2.31. The second-order valence-electron chi connectivity index (χ2n) is 11.7. The lowest BCUT2D eigenvalue weighted by Crippen LogP contribution is -2.47. The number of aromatic nitrogens is 3. The van der Waals surface area contributed by atoms with Gasteiger partial charge in [0.1, 0.15) is 11.5 Å². The van der Waals surface area contributed by atoms with Gasteiger partial charge in [0, 0.05) is 50.0 Å². The van der Waals surface area contributed by atoms with Crippen LogP contribution in [0.4, 0.5) is 0 Å². The summed E-state index contributed by atoms with van der Waals surface area (Å²) in [6, 6.07) is 15.2. The maximum absolute atomic E-state index is 13.8. The van der Waals surface area contributed by atoms with E-state index in [2.05, 4.69) is 15.6 Å². The van der Waals surface area contributed by atoms with Crippen LogP contribution in [-0.2, 0) is 23.1 Å².